The van der Waals surface area contributed by atoms with E-state index in [1.165, 1.54) is 5.56 Å². The van der Waals surface area contributed by atoms with E-state index in [0.717, 1.165) is 34.9 Å². The van der Waals surface area contributed by atoms with Crippen molar-refractivity contribution in [3.63, 3.8) is 0 Å². The molecule has 0 amide bonds. The molecular formula is C14H20N4S. The Morgan fingerprint density at radius 3 is 2.63 bits per heavy atom. The highest BCUT2D eigenvalue weighted by atomic mass is 32.1. The average molecular weight is 276 g/mol. The van der Waals surface area contributed by atoms with Crippen LogP contribution in [0.4, 0.5) is 0 Å². The number of aryl methyl sites for hydroxylation is 3. The molecule has 2 rings (SSSR count). The molecule has 0 aliphatic heterocycles. The number of rotatable bonds is 5. The van der Waals surface area contributed by atoms with Gasteiger partial charge in [-0.25, -0.2) is 4.98 Å². The van der Waals surface area contributed by atoms with Crippen molar-refractivity contribution in [2.75, 3.05) is 7.05 Å². The first-order valence-electron chi connectivity index (χ1n) is 6.55. The summed E-state index contributed by atoms with van der Waals surface area (Å²) in [6.07, 6.45) is 1.80. The van der Waals surface area contributed by atoms with Crippen LogP contribution in [-0.4, -0.2) is 22.2 Å². The largest absolute Gasteiger partial charge is 0.313 e. The van der Waals surface area contributed by atoms with E-state index in [4.69, 9.17) is 0 Å². The summed E-state index contributed by atoms with van der Waals surface area (Å²) in [5, 5.41) is 15.1. The zero-order valence-electron chi connectivity index (χ0n) is 11.9. The fourth-order valence-electron chi connectivity index (χ4n) is 2.15. The molecule has 0 fully saturated rings. The Morgan fingerprint density at radius 1 is 1.26 bits per heavy atom. The molecule has 102 valence electrons. The van der Waals surface area contributed by atoms with Gasteiger partial charge in [0.2, 0.25) is 0 Å². The van der Waals surface area contributed by atoms with Gasteiger partial charge in [0.1, 0.15) is 0 Å². The second-order valence-corrected chi connectivity index (χ2v) is 5.61. The van der Waals surface area contributed by atoms with Crippen LogP contribution in [0.3, 0.4) is 0 Å². The van der Waals surface area contributed by atoms with Crippen molar-refractivity contribution in [3.8, 4) is 0 Å². The van der Waals surface area contributed by atoms with E-state index in [0.29, 0.717) is 0 Å². The van der Waals surface area contributed by atoms with Crippen molar-refractivity contribution < 1.29 is 0 Å². The summed E-state index contributed by atoms with van der Waals surface area (Å²) < 4.78 is 0. The molecule has 1 N–H and O–H groups in total. The summed E-state index contributed by atoms with van der Waals surface area (Å²) in [5.41, 5.74) is 4.36. The highest BCUT2D eigenvalue weighted by Gasteiger charge is 2.17. The maximum atomic E-state index is 4.54. The van der Waals surface area contributed by atoms with Crippen LogP contribution >= 0.6 is 11.3 Å². The Morgan fingerprint density at radius 2 is 2.05 bits per heavy atom. The van der Waals surface area contributed by atoms with E-state index in [2.05, 4.69) is 38.9 Å². The predicted octanol–water partition coefficient (Wildman–Crippen LogP) is 2.62. The van der Waals surface area contributed by atoms with Crippen molar-refractivity contribution >= 4 is 11.3 Å². The van der Waals surface area contributed by atoms with Gasteiger partial charge in [-0.05, 0) is 38.9 Å². The van der Waals surface area contributed by atoms with Crippen molar-refractivity contribution in [1.29, 1.82) is 0 Å². The van der Waals surface area contributed by atoms with Gasteiger partial charge < -0.3 is 5.32 Å². The lowest BCUT2D eigenvalue weighted by atomic mass is 10.0. The van der Waals surface area contributed by atoms with Crippen molar-refractivity contribution in [3.05, 3.63) is 39.1 Å². The average Bonchev–Trinajstić information content (AvgIpc) is 2.81. The van der Waals surface area contributed by atoms with E-state index >= 15 is 0 Å². The topological polar surface area (TPSA) is 50.7 Å². The molecule has 0 saturated heterocycles. The molecule has 2 aromatic heterocycles. The molecule has 0 aliphatic carbocycles. The minimum Gasteiger partial charge on any atom is -0.313 e. The third-order valence-electron chi connectivity index (χ3n) is 3.13. The van der Waals surface area contributed by atoms with Crippen molar-refractivity contribution in [2.45, 2.75) is 39.7 Å². The van der Waals surface area contributed by atoms with E-state index < -0.39 is 0 Å². The Bertz CT molecular complexity index is 550. The number of thiazole rings is 1. The van der Waals surface area contributed by atoms with Crippen LogP contribution in [0.5, 0.6) is 0 Å². The first-order valence-corrected chi connectivity index (χ1v) is 7.43. The van der Waals surface area contributed by atoms with Crippen LogP contribution in [0.15, 0.2) is 11.4 Å². The van der Waals surface area contributed by atoms with Crippen LogP contribution in [0.1, 0.15) is 40.6 Å². The number of hydrogen-bond acceptors (Lipinski definition) is 5. The number of nitrogens with zero attached hydrogens (tertiary/aromatic N) is 3. The number of nitrogens with one attached hydrogen (secondary N) is 1. The summed E-state index contributed by atoms with van der Waals surface area (Å²) in [5.74, 6) is 0. The molecule has 0 bridgehead atoms. The zero-order valence-corrected chi connectivity index (χ0v) is 12.7. The molecule has 19 heavy (non-hydrogen) atoms. The fourth-order valence-corrected chi connectivity index (χ4v) is 2.97. The van der Waals surface area contributed by atoms with Crippen LogP contribution in [0.25, 0.3) is 0 Å². The molecule has 0 aliphatic rings. The van der Waals surface area contributed by atoms with Gasteiger partial charge in [-0.15, -0.1) is 11.3 Å². The molecular weight excluding hydrogens is 256 g/mol. The Balaban J connectivity index is 2.28. The summed E-state index contributed by atoms with van der Waals surface area (Å²) in [7, 11) is 1.99. The van der Waals surface area contributed by atoms with Crippen LogP contribution in [0, 0.1) is 13.8 Å². The van der Waals surface area contributed by atoms with E-state index in [1.807, 2.05) is 20.9 Å². The van der Waals surface area contributed by atoms with Crippen LogP contribution < -0.4 is 5.32 Å². The lowest BCUT2D eigenvalue weighted by Gasteiger charge is -2.18. The normalized spacial score (nSPS) is 12.6. The molecule has 0 aromatic carbocycles. The predicted molar refractivity (Wildman–Crippen MR) is 78.5 cm³/mol. The minimum atomic E-state index is 0.245. The quantitative estimate of drug-likeness (QED) is 0.912. The molecule has 0 radical (unpaired) electrons. The third kappa shape index (κ3) is 3.36. The van der Waals surface area contributed by atoms with Crippen molar-refractivity contribution in [1.82, 2.24) is 20.5 Å². The summed E-state index contributed by atoms with van der Waals surface area (Å²) in [4.78, 5) is 4.54. The number of hydrogen-bond donors (Lipinski definition) is 1. The number of likely N-dealkylation sites (N-methyl/N-ethyl adjacent to an activating group) is 1. The van der Waals surface area contributed by atoms with Gasteiger partial charge in [-0.3, -0.25) is 0 Å². The third-order valence-corrected chi connectivity index (χ3v) is 4.12. The molecule has 2 heterocycles. The standard InChI is InChI=1S/C14H20N4S/c1-5-12-11(6-9(2)17-18-12)13(15-4)7-14-16-10(3)8-19-14/h6,8,13,15H,5,7H2,1-4H3. The van der Waals surface area contributed by atoms with Gasteiger partial charge >= 0.3 is 0 Å². The summed E-state index contributed by atoms with van der Waals surface area (Å²) in [6, 6.07) is 2.38. The van der Waals surface area contributed by atoms with Gasteiger partial charge in [0.15, 0.2) is 0 Å². The van der Waals surface area contributed by atoms with Crippen molar-refractivity contribution in [2.24, 2.45) is 0 Å². The molecule has 1 unspecified atom stereocenters. The van der Waals surface area contributed by atoms with Gasteiger partial charge in [0, 0.05) is 23.5 Å². The first-order chi connectivity index (χ1) is 9.13. The van der Waals surface area contributed by atoms with Gasteiger partial charge in [-0.1, -0.05) is 6.92 Å². The lowest BCUT2D eigenvalue weighted by molar-refractivity contribution is 0.577. The second-order valence-electron chi connectivity index (χ2n) is 4.67. The second kappa shape index (κ2) is 6.21. The highest BCUT2D eigenvalue weighted by Crippen LogP contribution is 2.23. The van der Waals surface area contributed by atoms with E-state index in [9.17, 15) is 0 Å². The molecule has 2 aromatic rings. The van der Waals surface area contributed by atoms with Gasteiger partial charge in [-0.2, -0.15) is 10.2 Å². The fraction of sp³-hybridized carbons (Fsp3) is 0.500. The van der Waals surface area contributed by atoms with E-state index in [1.54, 1.807) is 11.3 Å². The molecule has 0 saturated carbocycles. The van der Waals surface area contributed by atoms with Crippen LogP contribution in [0.2, 0.25) is 0 Å². The Kier molecular flexibility index (Phi) is 4.61. The highest BCUT2D eigenvalue weighted by molar-refractivity contribution is 7.09. The summed E-state index contributed by atoms with van der Waals surface area (Å²) in [6.45, 7) is 6.13. The maximum absolute atomic E-state index is 4.54. The monoisotopic (exact) mass is 276 g/mol. The first kappa shape index (κ1) is 14.1. The van der Waals surface area contributed by atoms with Gasteiger partial charge in [0.05, 0.1) is 16.4 Å². The minimum absolute atomic E-state index is 0.245. The van der Waals surface area contributed by atoms with Crippen LogP contribution in [-0.2, 0) is 12.8 Å². The Labute approximate surface area is 118 Å². The number of aromatic nitrogens is 3. The molecule has 4 nitrogen and oxygen atoms in total. The molecule has 0 spiro atoms. The maximum Gasteiger partial charge on any atom is 0.0947 e. The molecule has 1 atom stereocenters. The SMILES string of the molecule is CCc1nnc(C)cc1C(Cc1nc(C)cs1)NC. The molecule has 5 heteroatoms. The van der Waals surface area contributed by atoms with Gasteiger partial charge in [0.25, 0.3) is 0 Å². The lowest BCUT2D eigenvalue weighted by Crippen LogP contribution is -2.21. The van der Waals surface area contributed by atoms with E-state index in [-0.39, 0.29) is 6.04 Å². The Hall–Kier alpha value is -1.33. The smallest absolute Gasteiger partial charge is 0.0947 e. The summed E-state index contributed by atoms with van der Waals surface area (Å²) >= 11 is 1.72. The zero-order chi connectivity index (χ0) is 13.8.